The number of ether oxygens (including phenoxy) is 1. The van der Waals surface area contributed by atoms with Crippen LogP contribution >= 0.6 is 15.9 Å². The van der Waals surface area contributed by atoms with E-state index in [2.05, 4.69) is 20.7 Å². The number of rotatable bonds is 1. The summed E-state index contributed by atoms with van der Waals surface area (Å²) in [6, 6.07) is 4.90. The van der Waals surface area contributed by atoms with E-state index in [-0.39, 0.29) is 17.1 Å². The molecule has 0 fully saturated rings. The predicted molar refractivity (Wildman–Crippen MR) is 70.8 cm³/mol. The molecule has 2 rings (SSSR count). The summed E-state index contributed by atoms with van der Waals surface area (Å²) in [5.74, 6) is -0.569. The average molecular weight is 331 g/mol. The van der Waals surface area contributed by atoms with Crippen LogP contribution in [-0.4, -0.2) is 27.2 Å². The van der Waals surface area contributed by atoms with Crippen LogP contribution in [0.25, 0.3) is 6.08 Å². The Labute approximate surface area is 114 Å². The van der Waals surface area contributed by atoms with Crippen LogP contribution in [0.4, 0.5) is 0 Å². The summed E-state index contributed by atoms with van der Waals surface area (Å²) in [6.45, 7) is 0. The molecule has 0 saturated carbocycles. The third-order valence-electron chi connectivity index (χ3n) is 2.72. The van der Waals surface area contributed by atoms with Gasteiger partial charge in [0.05, 0.1) is 17.8 Å². The Hall–Kier alpha value is -1.14. The summed E-state index contributed by atoms with van der Waals surface area (Å²) in [5.41, 5.74) is 0.889. The van der Waals surface area contributed by atoms with Gasteiger partial charge in [-0.25, -0.2) is 13.2 Å². The van der Waals surface area contributed by atoms with Gasteiger partial charge in [-0.05, 0) is 36.3 Å². The van der Waals surface area contributed by atoms with Gasteiger partial charge in [-0.1, -0.05) is 15.9 Å². The van der Waals surface area contributed by atoms with Gasteiger partial charge in [0, 0.05) is 10.0 Å². The number of carbonyl (C=O) groups excluding carboxylic acids is 1. The maximum atomic E-state index is 12.1. The molecule has 6 heteroatoms. The van der Waals surface area contributed by atoms with Crippen molar-refractivity contribution < 1.29 is 17.9 Å². The van der Waals surface area contributed by atoms with Crippen molar-refractivity contribution in [2.75, 3.05) is 12.9 Å². The highest BCUT2D eigenvalue weighted by molar-refractivity contribution is 9.10. The first-order valence-corrected chi connectivity index (χ1v) is 7.70. The molecule has 0 spiro atoms. The second-order valence-electron chi connectivity index (χ2n) is 3.91. The fourth-order valence-corrected chi connectivity index (χ4v) is 3.66. The minimum Gasteiger partial charge on any atom is -0.466 e. The van der Waals surface area contributed by atoms with Crippen molar-refractivity contribution in [1.82, 2.24) is 0 Å². The highest BCUT2D eigenvalue weighted by atomic mass is 79.9. The van der Waals surface area contributed by atoms with E-state index in [0.717, 1.165) is 4.47 Å². The number of fused-ring (bicyclic) bond motifs is 1. The zero-order chi connectivity index (χ0) is 13.3. The Morgan fingerprint density at radius 1 is 1.39 bits per heavy atom. The molecule has 96 valence electrons. The molecule has 1 aromatic rings. The van der Waals surface area contributed by atoms with Crippen molar-refractivity contribution >= 4 is 37.8 Å². The molecule has 0 bridgehead atoms. The first-order chi connectivity index (χ1) is 8.44. The molecule has 4 nitrogen and oxygen atoms in total. The van der Waals surface area contributed by atoms with E-state index in [0.29, 0.717) is 11.1 Å². The van der Waals surface area contributed by atoms with Crippen molar-refractivity contribution in [2.24, 2.45) is 0 Å². The molecule has 1 heterocycles. The number of methoxy groups -OCH3 is 1. The van der Waals surface area contributed by atoms with Crippen LogP contribution < -0.4 is 0 Å². The third-order valence-corrected chi connectivity index (χ3v) is 5.00. The van der Waals surface area contributed by atoms with Crippen LogP contribution in [0.2, 0.25) is 0 Å². The van der Waals surface area contributed by atoms with E-state index in [1.54, 1.807) is 24.3 Å². The van der Waals surface area contributed by atoms with Gasteiger partial charge in [0.15, 0.2) is 9.84 Å². The first-order valence-electron chi connectivity index (χ1n) is 5.25. The van der Waals surface area contributed by atoms with Gasteiger partial charge in [-0.3, -0.25) is 0 Å². The largest absolute Gasteiger partial charge is 0.466 e. The lowest BCUT2D eigenvalue weighted by molar-refractivity contribution is -0.136. The smallest absolute Gasteiger partial charge is 0.333 e. The summed E-state index contributed by atoms with van der Waals surface area (Å²) in [5, 5.41) is 0. The van der Waals surface area contributed by atoms with E-state index < -0.39 is 15.8 Å². The van der Waals surface area contributed by atoms with Crippen LogP contribution in [0, 0.1) is 0 Å². The zero-order valence-corrected chi connectivity index (χ0v) is 12.0. The minimum absolute atomic E-state index is 0.0808. The molecule has 0 unspecified atom stereocenters. The Morgan fingerprint density at radius 2 is 2.11 bits per heavy atom. The van der Waals surface area contributed by atoms with Gasteiger partial charge in [0.1, 0.15) is 0 Å². The van der Waals surface area contributed by atoms with E-state index in [1.165, 1.54) is 7.11 Å². The molecule has 0 saturated heterocycles. The SMILES string of the molecule is COC(=O)C1=Cc2cc(Br)ccc2S(=O)(=O)CC1. The van der Waals surface area contributed by atoms with E-state index >= 15 is 0 Å². The quantitative estimate of drug-likeness (QED) is 0.740. The molecule has 1 aliphatic rings. The third kappa shape index (κ3) is 2.49. The number of esters is 1. The standard InChI is InChI=1S/C12H11BrO4S/c1-17-12(14)8-4-5-18(15,16)11-3-2-10(13)7-9(11)6-8/h2-3,6-7H,4-5H2,1H3. The van der Waals surface area contributed by atoms with Crippen LogP contribution in [0.1, 0.15) is 12.0 Å². The van der Waals surface area contributed by atoms with Crippen LogP contribution in [0.5, 0.6) is 0 Å². The maximum Gasteiger partial charge on any atom is 0.333 e. The van der Waals surface area contributed by atoms with Gasteiger partial charge in [-0.2, -0.15) is 0 Å². The molecule has 0 aromatic heterocycles. The topological polar surface area (TPSA) is 60.4 Å². The lowest BCUT2D eigenvalue weighted by Crippen LogP contribution is -2.09. The monoisotopic (exact) mass is 330 g/mol. The fraction of sp³-hybridized carbons (Fsp3) is 0.250. The normalized spacial score (nSPS) is 17.3. The molecule has 0 radical (unpaired) electrons. The summed E-state index contributed by atoms with van der Waals surface area (Å²) >= 11 is 3.29. The zero-order valence-electron chi connectivity index (χ0n) is 9.64. The summed E-state index contributed by atoms with van der Waals surface area (Å²) < 4.78 is 29.5. The lowest BCUT2D eigenvalue weighted by atomic mass is 10.1. The van der Waals surface area contributed by atoms with Crippen LogP contribution in [0.3, 0.4) is 0 Å². The second-order valence-corrected chi connectivity index (χ2v) is 6.91. The van der Waals surface area contributed by atoms with E-state index in [4.69, 9.17) is 0 Å². The Morgan fingerprint density at radius 3 is 2.78 bits per heavy atom. The summed E-state index contributed by atoms with van der Waals surface area (Å²) in [7, 11) is -2.07. The van der Waals surface area contributed by atoms with E-state index in [1.807, 2.05) is 0 Å². The molecule has 18 heavy (non-hydrogen) atoms. The summed E-state index contributed by atoms with van der Waals surface area (Å²) in [6.07, 6.45) is 1.75. The number of carbonyl (C=O) groups is 1. The number of benzene rings is 1. The first kappa shape index (κ1) is 13.3. The van der Waals surface area contributed by atoms with Crippen molar-refractivity contribution in [3.05, 3.63) is 33.8 Å². The molecule has 1 aromatic carbocycles. The molecular formula is C12H11BrO4S. The second kappa shape index (κ2) is 4.85. The number of hydrogen-bond donors (Lipinski definition) is 0. The Bertz CT molecular complexity index is 631. The highest BCUT2D eigenvalue weighted by Gasteiger charge is 2.24. The number of halogens is 1. The van der Waals surface area contributed by atoms with Gasteiger partial charge in [0.2, 0.25) is 0 Å². The minimum atomic E-state index is -3.35. The fourth-order valence-electron chi connectivity index (χ4n) is 1.82. The van der Waals surface area contributed by atoms with E-state index in [9.17, 15) is 13.2 Å². The van der Waals surface area contributed by atoms with Crippen molar-refractivity contribution in [3.63, 3.8) is 0 Å². The summed E-state index contributed by atoms with van der Waals surface area (Å²) in [4.78, 5) is 11.8. The lowest BCUT2D eigenvalue weighted by Gasteiger charge is -2.04. The van der Waals surface area contributed by atoms with Gasteiger partial charge >= 0.3 is 5.97 Å². The highest BCUT2D eigenvalue weighted by Crippen LogP contribution is 2.28. The maximum absolute atomic E-state index is 12.1. The molecular weight excluding hydrogens is 320 g/mol. The molecule has 0 atom stereocenters. The average Bonchev–Trinajstić information content (AvgIpc) is 2.45. The van der Waals surface area contributed by atoms with Crippen molar-refractivity contribution in [1.29, 1.82) is 0 Å². The van der Waals surface area contributed by atoms with Crippen LogP contribution in [-0.2, 0) is 19.4 Å². The molecule has 1 aliphatic heterocycles. The van der Waals surface area contributed by atoms with Gasteiger partial charge in [0.25, 0.3) is 0 Å². The number of hydrogen-bond acceptors (Lipinski definition) is 4. The Kier molecular flexibility index (Phi) is 3.59. The van der Waals surface area contributed by atoms with Crippen molar-refractivity contribution in [2.45, 2.75) is 11.3 Å². The number of sulfone groups is 1. The molecule has 0 amide bonds. The Balaban J connectivity index is 2.62. The van der Waals surface area contributed by atoms with Gasteiger partial charge < -0.3 is 4.74 Å². The molecule has 0 N–H and O–H groups in total. The predicted octanol–water partition coefficient (Wildman–Crippen LogP) is 2.18. The van der Waals surface area contributed by atoms with Gasteiger partial charge in [-0.15, -0.1) is 0 Å². The molecule has 0 aliphatic carbocycles. The van der Waals surface area contributed by atoms with Crippen molar-refractivity contribution in [3.8, 4) is 0 Å². The van der Waals surface area contributed by atoms with Crippen LogP contribution in [0.15, 0.2) is 33.1 Å².